The normalized spacial score (nSPS) is 35.0. The molecule has 1 saturated heterocycles. The lowest BCUT2D eigenvalue weighted by molar-refractivity contribution is -0.155. The summed E-state index contributed by atoms with van der Waals surface area (Å²) in [5.41, 5.74) is 1.60. The molecule has 2 aliphatic heterocycles. The van der Waals surface area contributed by atoms with Gasteiger partial charge in [-0.25, -0.2) is 0 Å². The van der Waals surface area contributed by atoms with Gasteiger partial charge in [0.05, 0.1) is 13.5 Å². The third-order valence-electron chi connectivity index (χ3n) is 11.0. The fourth-order valence-electron chi connectivity index (χ4n) is 8.47. The van der Waals surface area contributed by atoms with Crippen molar-refractivity contribution in [3.63, 3.8) is 0 Å². The third kappa shape index (κ3) is 4.61. The van der Waals surface area contributed by atoms with Crippen LogP contribution in [0.2, 0.25) is 0 Å². The fourth-order valence-corrected chi connectivity index (χ4v) is 8.47. The first-order valence-corrected chi connectivity index (χ1v) is 15.3. The molecular weight excluding hydrogens is 560 g/mol. The van der Waals surface area contributed by atoms with Crippen LogP contribution in [-0.4, -0.2) is 41.0 Å². The summed E-state index contributed by atoms with van der Waals surface area (Å²) in [5.74, 6) is 0.811. The number of carbonyl (C=O) groups is 3. The van der Waals surface area contributed by atoms with Crippen molar-refractivity contribution < 1.29 is 38.8 Å². The fraction of sp³-hybridized carbons (Fsp3) is 0.472. The molecule has 8 nitrogen and oxygen atoms in total. The first-order valence-electron chi connectivity index (χ1n) is 15.3. The zero-order valence-corrected chi connectivity index (χ0v) is 25.7. The summed E-state index contributed by atoms with van der Waals surface area (Å²) in [6, 6.07) is 9.47. The Labute approximate surface area is 257 Å². The van der Waals surface area contributed by atoms with Gasteiger partial charge in [-0.15, -0.1) is 6.58 Å². The smallest absolute Gasteiger partial charge is 0.320 e. The lowest BCUT2D eigenvalue weighted by atomic mass is 9.45. The summed E-state index contributed by atoms with van der Waals surface area (Å²) in [6.07, 6.45) is 8.36. The number of fused-ring (bicyclic) bond motifs is 3. The molecule has 0 spiro atoms. The molecular formula is C36H40O8. The average molecular weight is 601 g/mol. The maximum atomic E-state index is 12.6. The van der Waals surface area contributed by atoms with Crippen LogP contribution >= 0.6 is 0 Å². The first kappa shape index (κ1) is 30.0. The quantitative estimate of drug-likeness (QED) is 0.228. The minimum Gasteiger partial charge on any atom is -0.508 e. The molecule has 0 bridgehead atoms. The van der Waals surface area contributed by atoms with Gasteiger partial charge in [0.15, 0.2) is 5.78 Å². The van der Waals surface area contributed by atoms with Crippen LogP contribution in [0, 0.1) is 28.1 Å². The number of carbonyl (C=O) groups excluding carboxylic acids is 3. The van der Waals surface area contributed by atoms with Crippen molar-refractivity contribution in [2.75, 3.05) is 7.11 Å². The largest absolute Gasteiger partial charge is 0.508 e. The molecule has 2 heterocycles. The van der Waals surface area contributed by atoms with Crippen molar-refractivity contribution in [2.45, 2.75) is 71.5 Å². The molecule has 3 aliphatic carbocycles. The molecule has 8 heteroatoms. The highest BCUT2D eigenvalue weighted by atomic mass is 16.6. The van der Waals surface area contributed by atoms with Crippen LogP contribution < -0.4 is 9.47 Å². The van der Waals surface area contributed by atoms with Crippen LogP contribution in [0.15, 0.2) is 60.7 Å². The molecule has 0 amide bonds. The maximum Gasteiger partial charge on any atom is 0.320 e. The van der Waals surface area contributed by atoms with Gasteiger partial charge < -0.3 is 24.4 Å². The number of aromatic hydroxyl groups is 2. The number of hydrogen-bond donors (Lipinski definition) is 2. The van der Waals surface area contributed by atoms with E-state index < -0.39 is 11.5 Å². The Hall–Kier alpha value is -4.07. The zero-order chi connectivity index (χ0) is 31.6. The number of benzene rings is 2. The van der Waals surface area contributed by atoms with Crippen molar-refractivity contribution in [1.82, 2.24) is 0 Å². The van der Waals surface area contributed by atoms with Crippen LogP contribution in [0.1, 0.15) is 81.3 Å². The van der Waals surface area contributed by atoms with E-state index in [4.69, 9.17) is 14.2 Å². The Morgan fingerprint density at radius 2 is 1.75 bits per heavy atom. The molecule has 7 rings (SSSR count). The minimum absolute atomic E-state index is 0.00517. The predicted molar refractivity (Wildman–Crippen MR) is 163 cm³/mol. The topological polar surface area (TPSA) is 119 Å². The number of Topliss-reactive ketones (excluding diaryl/α,β-unsaturated/α-hetero) is 2. The molecule has 1 unspecified atom stereocenters. The Balaban J connectivity index is 0.000000157. The van der Waals surface area contributed by atoms with Crippen molar-refractivity contribution in [3.05, 3.63) is 71.8 Å². The summed E-state index contributed by atoms with van der Waals surface area (Å²) in [7, 11) is 1.48. The molecule has 232 valence electrons. The number of phenolic OH excluding ortho intramolecular Hbond substituents is 2. The molecule has 5 aliphatic rings. The lowest BCUT2D eigenvalue weighted by Crippen LogP contribution is -2.57. The summed E-state index contributed by atoms with van der Waals surface area (Å²) >= 11 is 0. The van der Waals surface area contributed by atoms with E-state index in [2.05, 4.69) is 32.6 Å². The Bertz CT molecular complexity index is 1570. The SMILES string of the molecule is C=C[C@]1(C)CC[C@@H]2C(=C[C@H]3OC(=O)[C@@]4(C)C(=O)CC[C@@]2(C)[C@@H]34)C1.COc1cc(O)c2c(c1)OC(c1ccc(O)cc1)CC2=O. The Morgan fingerprint density at radius 1 is 1.02 bits per heavy atom. The number of rotatable bonds is 3. The lowest BCUT2D eigenvalue weighted by Gasteiger charge is -2.56. The van der Waals surface area contributed by atoms with Gasteiger partial charge in [-0.2, -0.15) is 0 Å². The molecule has 0 aromatic heterocycles. The van der Waals surface area contributed by atoms with E-state index in [0.29, 0.717) is 23.8 Å². The molecule has 3 fully saturated rings. The van der Waals surface area contributed by atoms with E-state index in [1.165, 1.54) is 18.7 Å². The second-order valence-electron chi connectivity index (χ2n) is 13.7. The number of hydrogen-bond acceptors (Lipinski definition) is 8. The molecule has 2 aromatic rings. The van der Waals surface area contributed by atoms with E-state index in [0.717, 1.165) is 31.2 Å². The predicted octanol–water partition coefficient (Wildman–Crippen LogP) is 6.65. The number of esters is 1. The highest BCUT2D eigenvalue weighted by Crippen LogP contribution is 2.65. The van der Waals surface area contributed by atoms with Gasteiger partial charge in [0.2, 0.25) is 0 Å². The highest BCUT2D eigenvalue weighted by Gasteiger charge is 2.69. The molecule has 7 atom stereocenters. The highest BCUT2D eigenvalue weighted by molar-refractivity contribution is 6.06. The monoisotopic (exact) mass is 600 g/mol. The molecule has 44 heavy (non-hydrogen) atoms. The third-order valence-corrected chi connectivity index (χ3v) is 11.0. The number of phenols is 2. The van der Waals surface area contributed by atoms with Crippen LogP contribution in [0.3, 0.4) is 0 Å². The van der Waals surface area contributed by atoms with Crippen LogP contribution in [0.4, 0.5) is 0 Å². The van der Waals surface area contributed by atoms with E-state index in [1.807, 2.05) is 6.92 Å². The first-order chi connectivity index (χ1) is 20.8. The van der Waals surface area contributed by atoms with Gasteiger partial charge in [-0.1, -0.05) is 37.6 Å². The van der Waals surface area contributed by atoms with Gasteiger partial charge in [0.25, 0.3) is 0 Å². The summed E-state index contributed by atoms with van der Waals surface area (Å²) < 4.78 is 16.6. The molecule has 2 N–H and O–H groups in total. The van der Waals surface area contributed by atoms with Gasteiger partial charge in [-0.3, -0.25) is 14.4 Å². The average Bonchev–Trinajstić information content (AvgIpc) is 3.26. The van der Waals surface area contributed by atoms with Gasteiger partial charge in [0, 0.05) is 24.5 Å². The van der Waals surface area contributed by atoms with Crippen LogP contribution in [0.25, 0.3) is 0 Å². The van der Waals surface area contributed by atoms with Gasteiger partial charge in [-0.05, 0) is 73.1 Å². The van der Waals surface area contributed by atoms with Crippen LogP contribution in [-0.2, 0) is 14.3 Å². The summed E-state index contributed by atoms with van der Waals surface area (Å²) in [5, 5.41) is 19.2. The van der Waals surface area contributed by atoms with Crippen molar-refractivity contribution >= 4 is 17.5 Å². The minimum atomic E-state index is -0.932. The second kappa shape index (κ2) is 10.5. The van der Waals surface area contributed by atoms with E-state index in [-0.39, 0.29) is 63.9 Å². The van der Waals surface area contributed by atoms with Gasteiger partial charge in [0.1, 0.15) is 52.0 Å². The number of ketones is 2. The zero-order valence-electron chi connectivity index (χ0n) is 25.7. The van der Waals surface area contributed by atoms with Crippen molar-refractivity contribution in [2.24, 2.45) is 28.1 Å². The number of allylic oxidation sites excluding steroid dienone is 2. The summed E-state index contributed by atoms with van der Waals surface area (Å²) in [6.45, 7) is 10.4. The maximum absolute atomic E-state index is 12.6. The van der Waals surface area contributed by atoms with E-state index in [1.54, 1.807) is 30.3 Å². The molecule has 2 aromatic carbocycles. The van der Waals surface area contributed by atoms with E-state index in [9.17, 15) is 24.6 Å². The second-order valence-corrected chi connectivity index (χ2v) is 13.7. The molecule has 2 saturated carbocycles. The summed E-state index contributed by atoms with van der Waals surface area (Å²) in [4.78, 5) is 37.3. The van der Waals surface area contributed by atoms with Crippen LogP contribution in [0.5, 0.6) is 23.0 Å². The van der Waals surface area contributed by atoms with Gasteiger partial charge >= 0.3 is 5.97 Å². The molecule has 0 radical (unpaired) electrons. The number of ether oxygens (including phenoxy) is 3. The van der Waals surface area contributed by atoms with Crippen molar-refractivity contribution in [3.8, 4) is 23.0 Å². The standard InChI is InChI=1S/C20H26O3.C16H14O5/c1-5-18(2)8-6-13-12(11-18)10-14-16-19(13,3)9-7-15(21)20(16,4)17(22)23-14;1-20-11-6-12(18)16-13(19)8-14(21-15(16)7-11)9-2-4-10(17)5-3-9/h5,10,13-14,16H,1,6-9,11H2,2-4H3;2-7,14,17-18H,8H2,1H3/t13-,14-,16-,18-,19-,20+;/m1./s1. The van der Waals surface area contributed by atoms with Crippen molar-refractivity contribution in [1.29, 1.82) is 0 Å². The Kier molecular flexibility index (Phi) is 7.17. The Morgan fingerprint density at radius 3 is 2.43 bits per heavy atom. The number of methoxy groups -OCH3 is 1. The van der Waals surface area contributed by atoms with E-state index >= 15 is 0 Å².